The summed E-state index contributed by atoms with van der Waals surface area (Å²) in [6.07, 6.45) is 4.80. The molecule has 0 fully saturated rings. The van der Waals surface area contributed by atoms with Gasteiger partial charge in [0, 0.05) is 32.1 Å². The molecule has 25 heavy (non-hydrogen) atoms. The summed E-state index contributed by atoms with van der Waals surface area (Å²) in [6.45, 7) is 1.72. The Bertz CT molecular complexity index is 992. The first-order valence-electron chi connectivity index (χ1n) is 7.53. The minimum absolute atomic E-state index is 0.0795. The van der Waals surface area contributed by atoms with Crippen LogP contribution in [0.1, 0.15) is 11.3 Å². The molecule has 2 aromatic heterocycles. The number of hydrogen-bond acceptors (Lipinski definition) is 4. The van der Waals surface area contributed by atoms with Crippen molar-refractivity contribution in [2.45, 2.75) is 18.4 Å². The van der Waals surface area contributed by atoms with Crippen molar-refractivity contribution in [1.82, 2.24) is 19.6 Å². The fourth-order valence-corrected chi connectivity index (χ4v) is 4.25. The van der Waals surface area contributed by atoms with Crippen molar-refractivity contribution in [2.75, 3.05) is 4.31 Å². The second-order valence-corrected chi connectivity index (χ2v) is 7.59. The van der Waals surface area contributed by atoms with Gasteiger partial charge in [-0.3, -0.25) is 13.7 Å². The van der Waals surface area contributed by atoms with Gasteiger partial charge in [-0.25, -0.2) is 12.8 Å². The smallest absolute Gasteiger partial charge is 0.268 e. The van der Waals surface area contributed by atoms with E-state index in [1.54, 1.807) is 38.1 Å². The van der Waals surface area contributed by atoms with E-state index in [1.165, 1.54) is 39.4 Å². The topological polar surface area (TPSA) is 73.0 Å². The van der Waals surface area contributed by atoms with E-state index in [-0.39, 0.29) is 11.4 Å². The van der Waals surface area contributed by atoms with Crippen molar-refractivity contribution < 1.29 is 12.8 Å². The summed E-state index contributed by atoms with van der Waals surface area (Å²) in [7, 11) is -0.458. The van der Waals surface area contributed by atoms with Crippen LogP contribution in [0.3, 0.4) is 0 Å². The molecule has 0 atom stereocenters. The number of aryl methyl sites for hydroxylation is 3. The molecule has 0 radical (unpaired) electrons. The average Bonchev–Trinajstić information content (AvgIpc) is 3.11. The van der Waals surface area contributed by atoms with Gasteiger partial charge < -0.3 is 0 Å². The first-order valence-corrected chi connectivity index (χ1v) is 8.97. The predicted octanol–water partition coefficient (Wildman–Crippen LogP) is 2.00. The maximum atomic E-state index is 13.3. The van der Waals surface area contributed by atoms with Gasteiger partial charge in [-0.1, -0.05) is 0 Å². The molecule has 0 spiro atoms. The molecule has 2 heterocycles. The monoisotopic (exact) mass is 363 g/mol. The Labute approximate surface area is 145 Å². The van der Waals surface area contributed by atoms with Crippen molar-refractivity contribution in [1.29, 1.82) is 0 Å². The number of aromatic nitrogens is 4. The molecule has 0 amide bonds. The average molecular weight is 363 g/mol. The zero-order valence-corrected chi connectivity index (χ0v) is 14.9. The maximum absolute atomic E-state index is 13.3. The molecule has 1 aromatic carbocycles. The highest BCUT2D eigenvalue weighted by molar-refractivity contribution is 7.92. The van der Waals surface area contributed by atoms with E-state index < -0.39 is 15.8 Å². The van der Waals surface area contributed by atoms with Crippen LogP contribution in [0.2, 0.25) is 0 Å². The zero-order valence-electron chi connectivity index (χ0n) is 14.1. The minimum Gasteiger partial charge on any atom is -0.275 e. The number of anilines is 1. The van der Waals surface area contributed by atoms with Crippen LogP contribution < -0.4 is 4.31 Å². The summed E-state index contributed by atoms with van der Waals surface area (Å²) in [4.78, 5) is 0.114. The molecule has 0 aliphatic carbocycles. The summed E-state index contributed by atoms with van der Waals surface area (Å²) in [5, 5.41) is 8.19. The van der Waals surface area contributed by atoms with Gasteiger partial charge in [-0.05, 0) is 31.2 Å². The molecule has 132 valence electrons. The van der Waals surface area contributed by atoms with Gasteiger partial charge in [0.05, 0.1) is 24.1 Å². The molecule has 0 bridgehead atoms. The Kier molecular flexibility index (Phi) is 4.34. The van der Waals surface area contributed by atoms with E-state index >= 15 is 0 Å². The van der Waals surface area contributed by atoms with Gasteiger partial charge >= 0.3 is 0 Å². The Morgan fingerprint density at radius 2 is 1.80 bits per heavy atom. The van der Waals surface area contributed by atoms with Crippen molar-refractivity contribution in [3.05, 3.63) is 59.9 Å². The molecule has 0 aliphatic heterocycles. The van der Waals surface area contributed by atoms with E-state index in [4.69, 9.17) is 0 Å². The highest BCUT2D eigenvalue weighted by Gasteiger charge is 2.29. The first kappa shape index (κ1) is 17.2. The third-order valence-corrected chi connectivity index (χ3v) is 5.61. The lowest BCUT2D eigenvalue weighted by atomic mass is 10.3. The van der Waals surface area contributed by atoms with Crippen LogP contribution >= 0.6 is 0 Å². The minimum atomic E-state index is -3.88. The number of benzene rings is 1. The van der Waals surface area contributed by atoms with Crippen LogP contribution in [0.15, 0.2) is 47.8 Å². The molecule has 0 aliphatic rings. The lowest BCUT2D eigenvalue weighted by Gasteiger charge is -2.23. The van der Waals surface area contributed by atoms with Crippen LogP contribution in [0, 0.1) is 12.7 Å². The number of halogens is 1. The SMILES string of the molecule is Cc1nn(C)cc1S(=O)(=O)N(Cc1cnn(C)c1)c1ccc(F)cc1. The summed E-state index contributed by atoms with van der Waals surface area (Å²) >= 11 is 0. The van der Waals surface area contributed by atoms with Crippen LogP contribution in [-0.4, -0.2) is 28.0 Å². The van der Waals surface area contributed by atoms with Crippen molar-refractivity contribution in [3.63, 3.8) is 0 Å². The van der Waals surface area contributed by atoms with Gasteiger partial charge in [-0.15, -0.1) is 0 Å². The summed E-state index contributed by atoms with van der Waals surface area (Å²) in [5.41, 5.74) is 1.49. The number of hydrogen-bond donors (Lipinski definition) is 0. The Balaban J connectivity index is 2.09. The Morgan fingerprint density at radius 1 is 1.12 bits per heavy atom. The van der Waals surface area contributed by atoms with E-state index in [1.807, 2.05) is 0 Å². The van der Waals surface area contributed by atoms with Crippen molar-refractivity contribution >= 4 is 15.7 Å². The molecule has 0 saturated heterocycles. The first-order chi connectivity index (χ1) is 11.8. The Morgan fingerprint density at radius 3 is 2.32 bits per heavy atom. The van der Waals surface area contributed by atoms with Crippen LogP contribution in [0.25, 0.3) is 0 Å². The standard InChI is InChI=1S/C16H18FN5O2S/c1-12-16(11-21(3)19-12)25(23,24)22(10-13-8-18-20(2)9-13)15-6-4-14(17)5-7-15/h4-9,11H,10H2,1-3H3. The normalized spacial score (nSPS) is 11.7. The molecular formula is C16H18FN5O2S. The summed E-state index contributed by atoms with van der Waals surface area (Å²) < 4.78 is 44.0. The molecule has 7 nitrogen and oxygen atoms in total. The molecule has 3 aromatic rings. The molecule has 3 rings (SSSR count). The zero-order chi connectivity index (χ0) is 18.2. The van der Waals surface area contributed by atoms with E-state index in [0.717, 1.165) is 5.56 Å². The van der Waals surface area contributed by atoms with E-state index in [0.29, 0.717) is 11.4 Å². The quantitative estimate of drug-likeness (QED) is 0.695. The van der Waals surface area contributed by atoms with Gasteiger partial charge in [0.15, 0.2) is 0 Å². The van der Waals surface area contributed by atoms with Crippen molar-refractivity contribution in [3.8, 4) is 0 Å². The number of nitrogens with zero attached hydrogens (tertiary/aromatic N) is 5. The molecule has 0 unspecified atom stereocenters. The lowest BCUT2D eigenvalue weighted by molar-refractivity contribution is 0.589. The number of rotatable bonds is 5. The third-order valence-electron chi connectivity index (χ3n) is 3.74. The molecule has 0 saturated carbocycles. The molecule has 0 N–H and O–H groups in total. The summed E-state index contributed by atoms with van der Waals surface area (Å²) in [5.74, 6) is -0.431. The van der Waals surface area contributed by atoms with Crippen molar-refractivity contribution in [2.24, 2.45) is 14.1 Å². The highest BCUT2D eigenvalue weighted by atomic mass is 32.2. The fourth-order valence-electron chi connectivity index (χ4n) is 2.59. The Hall–Kier alpha value is -2.68. The van der Waals surface area contributed by atoms with Crippen LogP contribution in [-0.2, 0) is 30.7 Å². The second kappa shape index (κ2) is 6.32. The highest BCUT2D eigenvalue weighted by Crippen LogP contribution is 2.27. The van der Waals surface area contributed by atoms with E-state index in [9.17, 15) is 12.8 Å². The van der Waals surface area contributed by atoms with Gasteiger partial charge in [0.25, 0.3) is 10.0 Å². The summed E-state index contributed by atoms with van der Waals surface area (Å²) in [6, 6.07) is 5.35. The largest absolute Gasteiger partial charge is 0.275 e. The number of sulfonamides is 1. The fraction of sp³-hybridized carbons (Fsp3) is 0.250. The van der Waals surface area contributed by atoms with Gasteiger partial charge in [0.1, 0.15) is 10.7 Å². The van der Waals surface area contributed by atoms with Crippen LogP contribution in [0.5, 0.6) is 0 Å². The third kappa shape index (κ3) is 3.41. The lowest BCUT2D eigenvalue weighted by Crippen LogP contribution is -2.30. The van der Waals surface area contributed by atoms with E-state index in [2.05, 4.69) is 10.2 Å². The maximum Gasteiger partial charge on any atom is 0.268 e. The van der Waals surface area contributed by atoms with Gasteiger partial charge in [0.2, 0.25) is 0 Å². The second-order valence-electron chi connectivity index (χ2n) is 5.76. The van der Waals surface area contributed by atoms with Crippen LogP contribution in [0.4, 0.5) is 10.1 Å². The predicted molar refractivity (Wildman–Crippen MR) is 90.9 cm³/mol. The van der Waals surface area contributed by atoms with Gasteiger partial charge in [-0.2, -0.15) is 10.2 Å². The molecule has 9 heteroatoms. The molecular weight excluding hydrogens is 345 g/mol.